The highest BCUT2D eigenvalue weighted by molar-refractivity contribution is 5.92. The molecule has 1 amide bonds. The van der Waals surface area contributed by atoms with Crippen molar-refractivity contribution in [2.24, 2.45) is 0 Å². The molecule has 2 rings (SSSR count). The van der Waals surface area contributed by atoms with Crippen molar-refractivity contribution >= 4 is 11.6 Å². The number of hydrogen-bond donors (Lipinski definition) is 1. The first kappa shape index (κ1) is 19.4. The third-order valence-corrected chi connectivity index (χ3v) is 4.24. The predicted octanol–water partition coefficient (Wildman–Crippen LogP) is 2.74. The molecular formula is C20H23N3O3. The maximum absolute atomic E-state index is 12.6. The maximum atomic E-state index is 12.6. The van der Waals surface area contributed by atoms with Crippen molar-refractivity contribution in [2.45, 2.75) is 40.8 Å². The van der Waals surface area contributed by atoms with Crippen molar-refractivity contribution in [1.82, 2.24) is 4.57 Å². The van der Waals surface area contributed by atoms with Gasteiger partial charge in [0.15, 0.2) is 0 Å². The van der Waals surface area contributed by atoms with E-state index in [1.807, 2.05) is 39.0 Å². The van der Waals surface area contributed by atoms with Gasteiger partial charge < -0.3 is 14.6 Å². The summed E-state index contributed by atoms with van der Waals surface area (Å²) in [5, 5.41) is 12.2. The van der Waals surface area contributed by atoms with Gasteiger partial charge in [0.05, 0.1) is 6.61 Å². The van der Waals surface area contributed by atoms with Crippen LogP contribution in [0.3, 0.4) is 0 Å². The number of methoxy groups -OCH3 is 1. The van der Waals surface area contributed by atoms with Crippen LogP contribution in [-0.4, -0.2) is 17.6 Å². The lowest BCUT2D eigenvalue weighted by Crippen LogP contribution is -2.31. The molecule has 0 bridgehead atoms. The van der Waals surface area contributed by atoms with E-state index in [2.05, 4.69) is 5.32 Å². The van der Waals surface area contributed by atoms with Crippen LogP contribution in [0.25, 0.3) is 0 Å². The van der Waals surface area contributed by atoms with Gasteiger partial charge >= 0.3 is 0 Å². The molecule has 6 nitrogen and oxygen atoms in total. The lowest BCUT2D eigenvalue weighted by Gasteiger charge is -2.15. The summed E-state index contributed by atoms with van der Waals surface area (Å²) in [6.45, 7) is 7.62. The largest absolute Gasteiger partial charge is 0.380 e. The standard InChI is InChI=1S/C20H23N3O3/c1-12-6-13(2)19(14(3)7-12)22-18(24)10-23-15(4)8-16(11-26-5)17(9-21)20(23)25/h6-8H,10-11H2,1-5H3,(H,22,24). The SMILES string of the molecule is COCc1cc(C)n(CC(=O)Nc2c(C)cc(C)cc2C)c(=O)c1C#N. The van der Waals surface area contributed by atoms with Gasteiger partial charge in [0.1, 0.15) is 18.2 Å². The third-order valence-electron chi connectivity index (χ3n) is 4.24. The minimum atomic E-state index is -0.480. The van der Waals surface area contributed by atoms with Gasteiger partial charge in [-0.25, -0.2) is 0 Å². The highest BCUT2D eigenvalue weighted by Crippen LogP contribution is 2.22. The van der Waals surface area contributed by atoms with Gasteiger partial charge in [-0.05, 0) is 44.9 Å². The highest BCUT2D eigenvalue weighted by Gasteiger charge is 2.16. The van der Waals surface area contributed by atoms with E-state index in [1.54, 1.807) is 13.0 Å². The van der Waals surface area contributed by atoms with E-state index in [1.165, 1.54) is 11.7 Å². The predicted molar refractivity (Wildman–Crippen MR) is 100 cm³/mol. The second-order valence-corrected chi connectivity index (χ2v) is 6.44. The van der Waals surface area contributed by atoms with Crippen LogP contribution >= 0.6 is 0 Å². The summed E-state index contributed by atoms with van der Waals surface area (Å²) >= 11 is 0. The minimum absolute atomic E-state index is 0.00736. The van der Waals surface area contributed by atoms with Crippen molar-refractivity contribution < 1.29 is 9.53 Å². The summed E-state index contributed by atoms with van der Waals surface area (Å²) in [6.07, 6.45) is 0. The number of benzene rings is 1. The monoisotopic (exact) mass is 353 g/mol. The molecule has 0 radical (unpaired) electrons. The smallest absolute Gasteiger partial charge is 0.269 e. The van der Waals surface area contributed by atoms with Gasteiger partial charge in [0, 0.05) is 24.1 Å². The van der Waals surface area contributed by atoms with E-state index in [9.17, 15) is 14.9 Å². The van der Waals surface area contributed by atoms with Crippen LogP contribution in [-0.2, 0) is 22.7 Å². The van der Waals surface area contributed by atoms with E-state index in [-0.39, 0.29) is 24.6 Å². The number of aryl methyl sites for hydroxylation is 4. The summed E-state index contributed by atoms with van der Waals surface area (Å²) < 4.78 is 6.35. The second kappa shape index (κ2) is 7.98. The molecule has 0 aliphatic heterocycles. The molecule has 0 aliphatic rings. The number of aromatic nitrogens is 1. The van der Waals surface area contributed by atoms with Crippen LogP contribution < -0.4 is 10.9 Å². The highest BCUT2D eigenvalue weighted by atomic mass is 16.5. The van der Waals surface area contributed by atoms with E-state index < -0.39 is 5.56 Å². The Balaban J connectivity index is 2.33. The molecule has 0 saturated carbocycles. The lowest BCUT2D eigenvalue weighted by atomic mass is 10.1. The fourth-order valence-corrected chi connectivity index (χ4v) is 3.12. The molecule has 0 fully saturated rings. The Bertz CT molecular complexity index is 929. The van der Waals surface area contributed by atoms with E-state index in [0.29, 0.717) is 11.3 Å². The number of rotatable bonds is 5. The third kappa shape index (κ3) is 4.01. The van der Waals surface area contributed by atoms with Crippen LogP contribution in [0.1, 0.15) is 33.5 Å². The Hall–Kier alpha value is -2.91. The fraction of sp³-hybridized carbons (Fsp3) is 0.350. The quantitative estimate of drug-likeness (QED) is 0.896. The average molecular weight is 353 g/mol. The van der Waals surface area contributed by atoms with Gasteiger partial charge in [-0.15, -0.1) is 0 Å². The normalized spacial score (nSPS) is 10.5. The van der Waals surface area contributed by atoms with Crippen LogP contribution in [0.15, 0.2) is 23.0 Å². The number of nitriles is 1. The summed E-state index contributed by atoms with van der Waals surface area (Å²) in [5.74, 6) is -0.311. The number of hydrogen-bond acceptors (Lipinski definition) is 4. The van der Waals surface area contributed by atoms with Crippen LogP contribution in [0.4, 0.5) is 5.69 Å². The first-order valence-electron chi connectivity index (χ1n) is 8.28. The topological polar surface area (TPSA) is 84.1 Å². The Morgan fingerprint density at radius 2 is 1.81 bits per heavy atom. The van der Waals surface area contributed by atoms with Crippen molar-refractivity contribution in [3.05, 3.63) is 62.1 Å². The summed E-state index contributed by atoms with van der Waals surface area (Å²) in [4.78, 5) is 25.1. The lowest BCUT2D eigenvalue weighted by molar-refractivity contribution is -0.116. The van der Waals surface area contributed by atoms with Gasteiger partial charge in [-0.2, -0.15) is 5.26 Å². The number of carbonyl (C=O) groups is 1. The molecule has 2 aromatic rings. The van der Waals surface area contributed by atoms with Gasteiger partial charge in [-0.1, -0.05) is 17.7 Å². The molecule has 6 heteroatoms. The molecular weight excluding hydrogens is 330 g/mol. The maximum Gasteiger partial charge on any atom is 0.269 e. The molecule has 136 valence electrons. The Kier molecular flexibility index (Phi) is 5.96. The van der Waals surface area contributed by atoms with Crippen LogP contribution in [0, 0.1) is 39.0 Å². The molecule has 1 N–H and O–H groups in total. The number of nitrogens with one attached hydrogen (secondary N) is 1. The zero-order valence-electron chi connectivity index (χ0n) is 15.8. The van der Waals surface area contributed by atoms with Crippen molar-refractivity contribution in [2.75, 3.05) is 12.4 Å². The van der Waals surface area contributed by atoms with Crippen LogP contribution in [0.2, 0.25) is 0 Å². The average Bonchev–Trinajstić information content (AvgIpc) is 2.55. The number of ether oxygens (including phenoxy) is 1. The Morgan fingerprint density at radius 1 is 1.19 bits per heavy atom. The minimum Gasteiger partial charge on any atom is -0.380 e. The number of amides is 1. The Morgan fingerprint density at radius 3 is 2.35 bits per heavy atom. The first-order chi connectivity index (χ1) is 12.3. The number of pyridine rings is 1. The molecule has 0 saturated heterocycles. The van der Waals surface area contributed by atoms with Crippen molar-refractivity contribution in [3.8, 4) is 6.07 Å². The van der Waals surface area contributed by atoms with Gasteiger partial charge in [0.25, 0.3) is 5.56 Å². The van der Waals surface area contributed by atoms with Crippen molar-refractivity contribution in [1.29, 1.82) is 5.26 Å². The molecule has 1 aromatic heterocycles. The molecule has 1 heterocycles. The fourth-order valence-electron chi connectivity index (χ4n) is 3.12. The zero-order chi connectivity index (χ0) is 19.4. The van der Waals surface area contributed by atoms with Gasteiger partial charge in [-0.3, -0.25) is 9.59 Å². The zero-order valence-corrected chi connectivity index (χ0v) is 15.8. The summed E-state index contributed by atoms with van der Waals surface area (Å²) in [7, 11) is 1.50. The molecule has 26 heavy (non-hydrogen) atoms. The Labute approximate surface area is 153 Å². The molecule has 0 unspecified atom stereocenters. The molecule has 1 aromatic carbocycles. The molecule has 0 atom stereocenters. The van der Waals surface area contributed by atoms with Crippen LogP contribution in [0.5, 0.6) is 0 Å². The van der Waals surface area contributed by atoms with E-state index in [4.69, 9.17) is 4.74 Å². The first-order valence-corrected chi connectivity index (χ1v) is 8.28. The van der Waals surface area contributed by atoms with Gasteiger partial charge in [0.2, 0.25) is 5.91 Å². The number of anilines is 1. The molecule has 0 aliphatic carbocycles. The summed E-state index contributed by atoms with van der Waals surface area (Å²) in [5.41, 5.74) is 4.47. The molecule has 0 spiro atoms. The number of nitrogens with zero attached hydrogens (tertiary/aromatic N) is 2. The van der Waals surface area contributed by atoms with E-state index >= 15 is 0 Å². The van der Waals surface area contributed by atoms with Crippen molar-refractivity contribution in [3.63, 3.8) is 0 Å². The van der Waals surface area contributed by atoms with E-state index in [0.717, 1.165) is 22.4 Å². The summed E-state index contributed by atoms with van der Waals surface area (Å²) in [6, 6.07) is 7.61. The second-order valence-electron chi connectivity index (χ2n) is 6.44. The number of carbonyl (C=O) groups excluding carboxylic acids is 1.